The largest absolute Gasteiger partial charge is 0.480 e. The number of amides is 3. The molecule has 2 aliphatic heterocycles. The van der Waals surface area contributed by atoms with Gasteiger partial charge in [-0.25, -0.2) is 9.59 Å². The van der Waals surface area contributed by atoms with Crippen LogP contribution in [0.1, 0.15) is 42.5 Å². The minimum atomic E-state index is -0.953. The predicted octanol–water partition coefficient (Wildman–Crippen LogP) is 2.73. The molecular weight excluding hydrogens is 370 g/mol. The van der Waals surface area contributed by atoms with E-state index in [1.54, 1.807) is 23.1 Å². The predicted molar refractivity (Wildman–Crippen MR) is 100 cm³/mol. The summed E-state index contributed by atoms with van der Waals surface area (Å²) in [6.45, 7) is 0.993. The molecule has 0 radical (unpaired) electrons. The van der Waals surface area contributed by atoms with Gasteiger partial charge in [0, 0.05) is 24.7 Å². The molecular formula is C19H22ClN3O4. The molecule has 3 aliphatic rings. The third-order valence-corrected chi connectivity index (χ3v) is 6.27. The molecule has 8 heteroatoms. The molecule has 144 valence electrons. The van der Waals surface area contributed by atoms with Crippen LogP contribution in [-0.4, -0.2) is 53.1 Å². The first-order valence-corrected chi connectivity index (χ1v) is 9.75. The van der Waals surface area contributed by atoms with Crippen LogP contribution in [0.4, 0.5) is 10.5 Å². The number of likely N-dealkylation sites (tertiary alicyclic amines) is 1. The molecule has 7 nitrogen and oxygen atoms in total. The molecule has 3 amide bonds. The first-order chi connectivity index (χ1) is 13.0. The van der Waals surface area contributed by atoms with E-state index in [0.717, 1.165) is 25.7 Å². The Morgan fingerprint density at radius 3 is 2.70 bits per heavy atom. The number of fused-ring (bicyclic) bond motifs is 1. The Labute approximate surface area is 162 Å². The van der Waals surface area contributed by atoms with Gasteiger partial charge < -0.3 is 15.3 Å². The van der Waals surface area contributed by atoms with Crippen molar-refractivity contribution in [3.63, 3.8) is 0 Å². The molecule has 1 saturated carbocycles. The number of anilines is 1. The molecule has 0 bridgehead atoms. The smallest absolute Gasteiger partial charge is 0.326 e. The molecule has 0 spiro atoms. The number of benzene rings is 1. The summed E-state index contributed by atoms with van der Waals surface area (Å²) in [5.41, 5.74) is 0.843. The number of urea groups is 1. The molecule has 1 aromatic carbocycles. The highest BCUT2D eigenvalue weighted by Crippen LogP contribution is 2.41. The monoisotopic (exact) mass is 391 g/mol. The number of nitrogens with one attached hydrogen (secondary N) is 1. The van der Waals surface area contributed by atoms with Gasteiger partial charge in [0.15, 0.2) is 0 Å². The van der Waals surface area contributed by atoms with Crippen molar-refractivity contribution in [1.29, 1.82) is 0 Å². The van der Waals surface area contributed by atoms with Gasteiger partial charge >= 0.3 is 12.0 Å². The van der Waals surface area contributed by atoms with E-state index in [1.165, 1.54) is 4.90 Å². The zero-order chi connectivity index (χ0) is 19.1. The van der Waals surface area contributed by atoms with Crippen molar-refractivity contribution in [2.75, 3.05) is 18.0 Å². The van der Waals surface area contributed by atoms with Crippen LogP contribution in [0.15, 0.2) is 18.2 Å². The zero-order valence-electron chi connectivity index (χ0n) is 14.9. The van der Waals surface area contributed by atoms with Gasteiger partial charge in [0.1, 0.15) is 6.04 Å². The number of carbonyl (C=O) groups is 3. The highest BCUT2D eigenvalue weighted by atomic mass is 35.5. The highest BCUT2D eigenvalue weighted by Gasteiger charge is 2.47. The Morgan fingerprint density at radius 2 is 2.00 bits per heavy atom. The maximum atomic E-state index is 13.3. The number of hydrogen-bond acceptors (Lipinski definition) is 3. The first kappa shape index (κ1) is 18.1. The van der Waals surface area contributed by atoms with Crippen LogP contribution in [-0.2, 0) is 4.79 Å². The Morgan fingerprint density at radius 1 is 1.22 bits per heavy atom. The van der Waals surface area contributed by atoms with Crippen molar-refractivity contribution < 1.29 is 19.5 Å². The zero-order valence-corrected chi connectivity index (χ0v) is 15.6. The van der Waals surface area contributed by atoms with Crippen LogP contribution in [0.5, 0.6) is 0 Å². The summed E-state index contributed by atoms with van der Waals surface area (Å²) in [5.74, 6) is -1.000. The van der Waals surface area contributed by atoms with Crippen molar-refractivity contribution in [3.8, 4) is 0 Å². The van der Waals surface area contributed by atoms with E-state index in [2.05, 4.69) is 5.32 Å². The van der Waals surface area contributed by atoms with E-state index < -0.39 is 12.0 Å². The van der Waals surface area contributed by atoms with Crippen LogP contribution in [0, 0.1) is 5.92 Å². The Kier molecular flexibility index (Phi) is 4.72. The van der Waals surface area contributed by atoms with Gasteiger partial charge in [-0.15, -0.1) is 0 Å². The van der Waals surface area contributed by atoms with E-state index in [9.17, 15) is 19.5 Å². The summed E-state index contributed by atoms with van der Waals surface area (Å²) in [7, 11) is 0. The number of nitrogens with zero attached hydrogens (tertiary/aromatic N) is 2. The molecule has 0 unspecified atom stereocenters. The molecule has 1 aliphatic carbocycles. The number of carbonyl (C=O) groups excluding carboxylic acids is 2. The molecule has 3 atom stereocenters. The Hall–Kier alpha value is -2.28. The summed E-state index contributed by atoms with van der Waals surface area (Å²) in [6.07, 6.45) is 4.43. The van der Waals surface area contributed by atoms with Crippen molar-refractivity contribution in [1.82, 2.24) is 10.2 Å². The molecule has 3 fully saturated rings. The van der Waals surface area contributed by atoms with Crippen molar-refractivity contribution >= 4 is 35.2 Å². The standard InChI is InChI=1S/C19H22ClN3O4/c20-13-6-5-12(10-15(13)22-8-7-21-19(22)27)17(24)23-14-4-2-1-3-11(14)9-16(23)18(25)26/h5-6,10-11,14,16H,1-4,7-9H2,(H,21,27)(H,25,26)/t11-,14-,16+/m1/s1. The number of carboxylic acids is 1. The quantitative estimate of drug-likeness (QED) is 0.828. The second-order valence-electron chi connectivity index (χ2n) is 7.46. The average Bonchev–Trinajstić information content (AvgIpc) is 3.25. The fourth-order valence-electron chi connectivity index (χ4n) is 4.68. The molecule has 2 saturated heterocycles. The van der Waals surface area contributed by atoms with Crippen LogP contribution in [0.25, 0.3) is 0 Å². The van der Waals surface area contributed by atoms with Gasteiger partial charge in [0.25, 0.3) is 5.91 Å². The number of aliphatic carboxylic acids is 1. The maximum absolute atomic E-state index is 13.3. The first-order valence-electron chi connectivity index (χ1n) is 9.37. The molecule has 27 heavy (non-hydrogen) atoms. The second kappa shape index (κ2) is 7.03. The Bertz CT molecular complexity index is 799. The fourth-order valence-corrected chi connectivity index (χ4v) is 4.90. The Balaban J connectivity index is 1.67. The minimum absolute atomic E-state index is 0.0263. The van der Waals surface area contributed by atoms with E-state index in [4.69, 9.17) is 11.6 Å². The third kappa shape index (κ3) is 3.14. The number of halogens is 1. The van der Waals surface area contributed by atoms with Crippen LogP contribution in [0.3, 0.4) is 0 Å². The van der Waals surface area contributed by atoms with Crippen LogP contribution in [0.2, 0.25) is 5.02 Å². The molecule has 2 N–H and O–H groups in total. The van der Waals surface area contributed by atoms with Gasteiger partial charge in [-0.1, -0.05) is 24.4 Å². The SMILES string of the molecule is O=C(O)[C@@H]1C[C@H]2CCCC[C@H]2N1C(=O)c1ccc(Cl)c(N2CCNC2=O)c1. The number of hydrogen-bond donors (Lipinski definition) is 2. The number of rotatable bonds is 3. The normalized spacial score (nSPS) is 27.4. The van der Waals surface area contributed by atoms with Gasteiger partial charge in [-0.05, 0) is 43.4 Å². The van der Waals surface area contributed by atoms with Crippen molar-refractivity contribution in [2.24, 2.45) is 5.92 Å². The van der Waals surface area contributed by atoms with Crippen molar-refractivity contribution in [3.05, 3.63) is 28.8 Å². The lowest BCUT2D eigenvalue weighted by Crippen LogP contribution is -2.46. The summed E-state index contributed by atoms with van der Waals surface area (Å²) < 4.78 is 0. The van der Waals surface area contributed by atoms with E-state index in [-0.39, 0.29) is 23.9 Å². The second-order valence-corrected chi connectivity index (χ2v) is 7.87. The lowest BCUT2D eigenvalue weighted by Gasteiger charge is -2.33. The molecule has 0 aromatic heterocycles. The fraction of sp³-hybridized carbons (Fsp3) is 0.526. The molecule has 2 heterocycles. The molecule has 4 rings (SSSR count). The van der Waals surface area contributed by atoms with E-state index >= 15 is 0 Å². The van der Waals surface area contributed by atoms with Gasteiger partial charge in [0.2, 0.25) is 0 Å². The van der Waals surface area contributed by atoms with E-state index in [0.29, 0.717) is 35.8 Å². The lowest BCUT2D eigenvalue weighted by molar-refractivity contribution is -0.141. The van der Waals surface area contributed by atoms with E-state index in [1.807, 2.05) is 0 Å². The highest BCUT2D eigenvalue weighted by molar-refractivity contribution is 6.34. The van der Waals surface area contributed by atoms with Gasteiger partial charge in [-0.2, -0.15) is 0 Å². The third-order valence-electron chi connectivity index (χ3n) is 5.95. The minimum Gasteiger partial charge on any atom is -0.480 e. The molecule has 1 aromatic rings. The van der Waals surface area contributed by atoms with Gasteiger partial charge in [-0.3, -0.25) is 9.69 Å². The van der Waals surface area contributed by atoms with Crippen molar-refractivity contribution in [2.45, 2.75) is 44.2 Å². The van der Waals surface area contributed by atoms with Crippen LogP contribution < -0.4 is 10.2 Å². The average molecular weight is 392 g/mol. The lowest BCUT2D eigenvalue weighted by atomic mass is 9.84. The van der Waals surface area contributed by atoms with Crippen LogP contribution >= 0.6 is 11.6 Å². The number of carboxylic acid groups (broad SMARTS) is 1. The van der Waals surface area contributed by atoms with Gasteiger partial charge in [0.05, 0.1) is 10.7 Å². The topological polar surface area (TPSA) is 89.9 Å². The maximum Gasteiger partial charge on any atom is 0.326 e. The summed E-state index contributed by atoms with van der Waals surface area (Å²) in [5, 5.41) is 12.8. The summed E-state index contributed by atoms with van der Waals surface area (Å²) in [6, 6.07) is 3.74. The summed E-state index contributed by atoms with van der Waals surface area (Å²) >= 11 is 6.26. The summed E-state index contributed by atoms with van der Waals surface area (Å²) in [4.78, 5) is 40.1.